The Bertz CT molecular complexity index is 683. The number of hydrogen-bond acceptors (Lipinski definition) is 4. The maximum absolute atomic E-state index is 12.5. The first-order chi connectivity index (χ1) is 12.0. The predicted molar refractivity (Wildman–Crippen MR) is 92.7 cm³/mol. The minimum Gasteiger partial charge on any atom is -0.385 e. The lowest BCUT2D eigenvalue weighted by Gasteiger charge is -2.35. The van der Waals surface area contributed by atoms with Crippen LogP contribution in [0.15, 0.2) is 31.1 Å². The summed E-state index contributed by atoms with van der Waals surface area (Å²) in [7, 11) is 1.87. The van der Waals surface area contributed by atoms with E-state index in [4.69, 9.17) is 0 Å². The molecule has 2 aromatic rings. The minimum absolute atomic E-state index is 0.00143. The third-order valence-corrected chi connectivity index (χ3v) is 4.73. The molecule has 3 unspecified atom stereocenters. The van der Waals surface area contributed by atoms with Gasteiger partial charge in [0.2, 0.25) is 0 Å². The number of carbonyl (C=O) groups excluding carboxylic acids is 1. The Balaban J connectivity index is 1.55. The van der Waals surface area contributed by atoms with E-state index in [1.165, 1.54) is 0 Å². The first-order valence-corrected chi connectivity index (χ1v) is 8.71. The van der Waals surface area contributed by atoms with Gasteiger partial charge >= 0.3 is 6.03 Å². The molecule has 3 atom stereocenters. The monoisotopic (exact) mass is 346 g/mol. The summed E-state index contributed by atoms with van der Waals surface area (Å²) in [6.45, 7) is 3.91. The van der Waals surface area contributed by atoms with E-state index in [1.54, 1.807) is 23.6 Å². The van der Waals surface area contributed by atoms with E-state index in [9.17, 15) is 9.90 Å². The summed E-state index contributed by atoms with van der Waals surface area (Å²) in [6, 6.07) is -0.0779. The zero-order valence-corrected chi connectivity index (χ0v) is 14.7. The van der Waals surface area contributed by atoms with E-state index < -0.39 is 6.10 Å². The predicted octanol–water partition coefficient (Wildman–Crippen LogP) is 1.16. The fourth-order valence-corrected chi connectivity index (χ4v) is 3.38. The molecule has 3 rings (SSSR count). The van der Waals surface area contributed by atoms with Gasteiger partial charge in [0.15, 0.2) is 0 Å². The van der Waals surface area contributed by atoms with Gasteiger partial charge in [-0.05, 0) is 19.8 Å². The molecule has 0 spiro atoms. The summed E-state index contributed by atoms with van der Waals surface area (Å²) < 4.78 is 3.77. The standard InChI is InChI=1S/C17H26N6O2/c1-13(10-22-9-5-18-12-22)20-17(25)23-7-3-4-14(11-23)15(24)16-19-6-8-21(16)2/h5-6,8-9,12-15,24H,3-4,7,10-11H2,1-2H3,(H,20,25). The lowest BCUT2D eigenvalue weighted by molar-refractivity contribution is 0.0528. The third-order valence-electron chi connectivity index (χ3n) is 4.73. The molecule has 3 heterocycles. The molecule has 1 aliphatic heterocycles. The molecule has 136 valence electrons. The largest absolute Gasteiger partial charge is 0.385 e. The second-order valence-electron chi connectivity index (χ2n) is 6.80. The molecule has 1 fully saturated rings. The zero-order valence-electron chi connectivity index (χ0n) is 14.7. The smallest absolute Gasteiger partial charge is 0.317 e. The van der Waals surface area contributed by atoms with Crippen LogP contribution in [0.4, 0.5) is 4.79 Å². The van der Waals surface area contributed by atoms with Gasteiger partial charge in [0, 0.05) is 63.4 Å². The van der Waals surface area contributed by atoms with Crippen molar-refractivity contribution in [1.29, 1.82) is 0 Å². The Morgan fingerprint density at radius 1 is 1.44 bits per heavy atom. The third kappa shape index (κ3) is 4.19. The molecule has 8 nitrogen and oxygen atoms in total. The van der Waals surface area contributed by atoms with Gasteiger partial charge in [0.05, 0.1) is 6.33 Å². The molecular formula is C17H26N6O2. The maximum atomic E-state index is 12.5. The van der Waals surface area contributed by atoms with Crippen LogP contribution < -0.4 is 5.32 Å². The molecule has 0 saturated carbocycles. The SMILES string of the molecule is CC(Cn1ccnc1)NC(=O)N1CCCC(C(O)c2nccn2C)C1. The number of hydrogen-bond donors (Lipinski definition) is 2. The number of piperidine rings is 1. The van der Waals surface area contributed by atoms with Crippen LogP contribution in [-0.2, 0) is 13.6 Å². The molecular weight excluding hydrogens is 320 g/mol. The molecule has 2 N–H and O–H groups in total. The van der Waals surface area contributed by atoms with Crippen molar-refractivity contribution in [3.8, 4) is 0 Å². The summed E-state index contributed by atoms with van der Waals surface area (Å²) in [5.41, 5.74) is 0. The lowest BCUT2D eigenvalue weighted by Crippen LogP contribution is -2.49. The molecule has 8 heteroatoms. The second-order valence-corrected chi connectivity index (χ2v) is 6.80. The number of aliphatic hydroxyl groups is 1. The van der Waals surface area contributed by atoms with Crippen LogP contribution in [0.2, 0.25) is 0 Å². The Morgan fingerprint density at radius 3 is 2.96 bits per heavy atom. The van der Waals surface area contributed by atoms with Crippen LogP contribution in [0.25, 0.3) is 0 Å². The van der Waals surface area contributed by atoms with E-state index in [0.717, 1.165) is 12.8 Å². The fraction of sp³-hybridized carbons (Fsp3) is 0.588. The highest BCUT2D eigenvalue weighted by atomic mass is 16.3. The van der Waals surface area contributed by atoms with Gasteiger partial charge in [-0.1, -0.05) is 0 Å². The van der Waals surface area contributed by atoms with Crippen molar-refractivity contribution < 1.29 is 9.90 Å². The zero-order chi connectivity index (χ0) is 17.8. The van der Waals surface area contributed by atoms with Crippen molar-refractivity contribution in [2.75, 3.05) is 13.1 Å². The summed E-state index contributed by atoms with van der Waals surface area (Å²) in [4.78, 5) is 22.6. The van der Waals surface area contributed by atoms with E-state index >= 15 is 0 Å². The number of aliphatic hydroxyl groups excluding tert-OH is 1. The van der Waals surface area contributed by atoms with Crippen molar-refractivity contribution in [1.82, 2.24) is 29.3 Å². The number of urea groups is 1. The van der Waals surface area contributed by atoms with Crippen LogP contribution in [0.5, 0.6) is 0 Å². The molecule has 2 aromatic heterocycles. The van der Waals surface area contributed by atoms with Crippen LogP contribution >= 0.6 is 0 Å². The summed E-state index contributed by atoms with van der Waals surface area (Å²) in [5, 5.41) is 13.6. The van der Waals surface area contributed by atoms with Gasteiger partial charge in [-0.3, -0.25) is 0 Å². The molecule has 2 amide bonds. The maximum Gasteiger partial charge on any atom is 0.317 e. The van der Waals surface area contributed by atoms with Crippen LogP contribution in [0.3, 0.4) is 0 Å². The first-order valence-electron chi connectivity index (χ1n) is 8.71. The number of likely N-dealkylation sites (tertiary alicyclic amines) is 1. The molecule has 1 aliphatic rings. The quantitative estimate of drug-likeness (QED) is 0.850. The highest BCUT2D eigenvalue weighted by molar-refractivity contribution is 5.74. The van der Waals surface area contributed by atoms with Gasteiger partial charge in [0.1, 0.15) is 11.9 Å². The molecule has 0 bridgehead atoms. The number of aromatic nitrogens is 4. The fourth-order valence-electron chi connectivity index (χ4n) is 3.38. The van der Waals surface area contributed by atoms with Crippen molar-refractivity contribution >= 4 is 6.03 Å². The summed E-state index contributed by atoms with van der Waals surface area (Å²) in [5.74, 6) is 0.658. The Hall–Kier alpha value is -2.35. The second kappa shape index (κ2) is 7.69. The van der Waals surface area contributed by atoms with Crippen molar-refractivity contribution in [2.24, 2.45) is 13.0 Å². The minimum atomic E-state index is -0.654. The lowest BCUT2D eigenvalue weighted by atomic mass is 9.92. The van der Waals surface area contributed by atoms with Crippen molar-refractivity contribution in [3.63, 3.8) is 0 Å². The van der Waals surface area contributed by atoms with Crippen LogP contribution in [-0.4, -0.2) is 54.3 Å². The van der Waals surface area contributed by atoms with Crippen LogP contribution in [0.1, 0.15) is 31.7 Å². The van der Waals surface area contributed by atoms with Crippen molar-refractivity contribution in [3.05, 3.63) is 36.9 Å². The normalized spacial score (nSPS) is 20.3. The Kier molecular flexibility index (Phi) is 5.37. The van der Waals surface area contributed by atoms with E-state index in [1.807, 2.05) is 35.5 Å². The number of aryl methyl sites for hydroxylation is 1. The van der Waals surface area contributed by atoms with Crippen LogP contribution in [0, 0.1) is 5.92 Å². The Labute approximate surface area is 147 Å². The van der Waals surface area contributed by atoms with Gasteiger partial charge in [-0.15, -0.1) is 0 Å². The number of carbonyl (C=O) groups is 1. The number of nitrogens with one attached hydrogen (secondary N) is 1. The number of nitrogens with zero attached hydrogens (tertiary/aromatic N) is 5. The first kappa shape index (κ1) is 17.5. The average molecular weight is 346 g/mol. The molecule has 25 heavy (non-hydrogen) atoms. The van der Waals surface area contributed by atoms with Gasteiger partial charge < -0.3 is 24.5 Å². The number of rotatable bonds is 5. The van der Waals surface area contributed by atoms with E-state index in [0.29, 0.717) is 25.5 Å². The summed E-state index contributed by atoms with van der Waals surface area (Å²) in [6.07, 6.45) is 9.97. The average Bonchev–Trinajstić information content (AvgIpc) is 3.25. The number of imidazole rings is 2. The van der Waals surface area contributed by atoms with Crippen molar-refractivity contribution in [2.45, 2.75) is 38.5 Å². The number of amides is 2. The highest BCUT2D eigenvalue weighted by Gasteiger charge is 2.31. The Morgan fingerprint density at radius 2 is 2.28 bits per heavy atom. The van der Waals surface area contributed by atoms with E-state index in [2.05, 4.69) is 15.3 Å². The molecule has 0 aromatic carbocycles. The summed E-state index contributed by atoms with van der Waals surface area (Å²) >= 11 is 0. The molecule has 0 aliphatic carbocycles. The topological polar surface area (TPSA) is 88.2 Å². The van der Waals surface area contributed by atoms with Gasteiger partial charge in [-0.25, -0.2) is 14.8 Å². The molecule has 0 radical (unpaired) electrons. The molecule has 1 saturated heterocycles. The van der Waals surface area contributed by atoms with Gasteiger partial charge in [-0.2, -0.15) is 0 Å². The van der Waals surface area contributed by atoms with E-state index in [-0.39, 0.29) is 18.0 Å². The highest BCUT2D eigenvalue weighted by Crippen LogP contribution is 2.28. The van der Waals surface area contributed by atoms with Gasteiger partial charge in [0.25, 0.3) is 0 Å².